The zero-order valence-electron chi connectivity index (χ0n) is 11.2. The molecule has 0 bridgehead atoms. The van der Waals surface area contributed by atoms with Gasteiger partial charge in [0.1, 0.15) is 18.4 Å². The number of carbonyl (C=O) groups is 1. The Morgan fingerprint density at radius 3 is 2.74 bits per heavy atom. The van der Waals surface area contributed by atoms with Crippen molar-refractivity contribution in [2.45, 2.75) is 26.3 Å². The van der Waals surface area contributed by atoms with Gasteiger partial charge in [0.25, 0.3) is 0 Å². The van der Waals surface area contributed by atoms with Crippen LogP contribution in [0.1, 0.15) is 20.3 Å². The third kappa shape index (κ3) is 5.20. The monoisotopic (exact) mass is 329 g/mol. The number of para-hydroxylation sites is 1. The average Bonchev–Trinajstić information content (AvgIpc) is 2.39. The summed E-state index contributed by atoms with van der Waals surface area (Å²) >= 11 is 3.40. The van der Waals surface area contributed by atoms with E-state index in [4.69, 9.17) is 9.84 Å². The normalized spacial score (nSPS) is 13.8. The zero-order chi connectivity index (χ0) is 14.3. The first kappa shape index (κ1) is 16.0. The molecule has 0 amide bonds. The molecule has 106 valence electrons. The predicted octanol–water partition coefficient (Wildman–Crippen LogP) is 2.92. The van der Waals surface area contributed by atoms with Crippen molar-refractivity contribution in [3.05, 3.63) is 28.7 Å². The number of hydrogen-bond acceptors (Lipinski definition) is 3. The largest absolute Gasteiger partial charge is 0.491 e. The van der Waals surface area contributed by atoms with Gasteiger partial charge in [0.15, 0.2) is 0 Å². The first-order valence-electron chi connectivity index (χ1n) is 6.39. The molecule has 0 fully saturated rings. The van der Waals surface area contributed by atoms with Crippen LogP contribution in [0, 0.1) is 5.92 Å². The van der Waals surface area contributed by atoms with E-state index >= 15 is 0 Å². The van der Waals surface area contributed by atoms with E-state index in [0.717, 1.165) is 16.6 Å². The molecule has 0 aliphatic heterocycles. The first-order chi connectivity index (χ1) is 9.06. The van der Waals surface area contributed by atoms with Crippen LogP contribution in [0.25, 0.3) is 0 Å². The van der Waals surface area contributed by atoms with Crippen molar-refractivity contribution in [1.82, 2.24) is 5.32 Å². The third-order valence-corrected chi connectivity index (χ3v) is 3.69. The molecule has 0 heterocycles. The Hall–Kier alpha value is -1.07. The van der Waals surface area contributed by atoms with Gasteiger partial charge in [-0.3, -0.25) is 4.79 Å². The SMILES string of the molecule is CC[C@H](C)[C@H](NCCOc1ccccc1Br)C(=O)O. The van der Waals surface area contributed by atoms with E-state index in [9.17, 15) is 4.79 Å². The Kier molecular flexibility index (Phi) is 6.87. The summed E-state index contributed by atoms with van der Waals surface area (Å²) in [6.45, 7) is 4.85. The Morgan fingerprint density at radius 2 is 2.16 bits per heavy atom. The van der Waals surface area contributed by atoms with Crippen molar-refractivity contribution < 1.29 is 14.6 Å². The Bertz CT molecular complexity index is 411. The van der Waals surface area contributed by atoms with E-state index in [2.05, 4.69) is 21.2 Å². The Balaban J connectivity index is 2.37. The van der Waals surface area contributed by atoms with Gasteiger partial charge >= 0.3 is 5.97 Å². The van der Waals surface area contributed by atoms with Crippen LogP contribution in [0.5, 0.6) is 5.75 Å². The number of hydrogen-bond donors (Lipinski definition) is 2. The van der Waals surface area contributed by atoms with Crippen LogP contribution in [0.15, 0.2) is 28.7 Å². The van der Waals surface area contributed by atoms with Gasteiger partial charge < -0.3 is 15.2 Å². The molecule has 4 nitrogen and oxygen atoms in total. The molecule has 0 radical (unpaired) electrons. The lowest BCUT2D eigenvalue weighted by atomic mass is 9.99. The highest BCUT2D eigenvalue weighted by Gasteiger charge is 2.22. The van der Waals surface area contributed by atoms with E-state index in [1.54, 1.807) is 0 Å². The molecule has 0 aliphatic rings. The smallest absolute Gasteiger partial charge is 0.320 e. The van der Waals surface area contributed by atoms with E-state index in [1.807, 2.05) is 38.1 Å². The number of nitrogens with one attached hydrogen (secondary N) is 1. The predicted molar refractivity (Wildman–Crippen MR) is 78.5 cm³/mol. The molecule has 0 saturated heterocycles. The molecule has 1 rings (SSSR count). The summed E-state index contributed by atoms with van der Waals surface area (Å²) < 4.78 is 6.47. The highest BCUT2D eigenvalue weighted by Crippen LogP contribution is 2.23. The second-order valence-corrected chi connectivity index (χ2v) is 5.29. The van der Waals surface area contributed by atoms with Gasteiger partial charge in [0.2, 0.25) is 0 Å². The van der Waals surface area contributed by atoms with Crippen molar-refractivity contribution in [2.75, 3.05) is 13.2 Å². The van der Waals surface area contributed by atoms with Crippen molar-refractivity contribution in [3.8, 4) is 5.75 Å². The minimum atomic E-state index is -0.810. The summed E-state index contributed by atoms with van der Waals surface area (Å²) in [6, 6.07) is 7.06. The summed E-state index contributed by atoms with van der Waals surface area (Å²) in [5.74, 6) is 0.0518. The summed E-state index contributed by atoms with van der Waals surface area (Å²) in [5, 5.41) is 12.1. The van der Waals surface area contributed by atoms with E-state index in [1.165, 1.54) is 0 Å². The zero-order valence-corrected chi connectivity index (χ0v) is 12.8. The lowest BCUT2D eigenvalue weighted by Crippen LogP contribution is -2.43. The van der Waals surface area contributed by atoms with Crippen molar-refractivity contribution in [3.63, 3.8) is 0 Å². The number of rotatable bonds is 8. The molecule has 0 unspecified atom stereocenters. The van der Waals surface area contributed by atoms with Crippen molar-refractivity contribution >= 4 is 21.9 Å². The Labute approximate surface area is 122 Å². The van der Waals surface area contributed by atoms with E-state index < -0.39 is 12.0 Å². The van der Waals surface area contributed by atoms with E-state index in [-0.39, 0.29) is 5.92 Å². The van der Waals surface area contributed by atoms with Crippen LogP contribution < -0.4 is 10.1 Å². The van der Waals surface area contributed by atoms with Gasteiger partial charge in [0, 0.05) is 6.54 Å². The van der Waals surface area contributed by atoms with Crippen LogP contribution >= 0.6 is 15.9 Å². The van der Waals surface area contributed by atoms with Crippen molar-refractivity contribution in [2.24, 2.45) is 5.92 Å². The molecule has 19 heavy (non-hydrogen) atoms. The van der Waals surface area contributed by atoms with Crippen LogP contribution in [0.4, 0.5) is 0 Å². The number of carboxylic acids is 1. The fourth-order valence-corrected chi connectivity index (χ4v) is 2.10. The van der Waals surface area contributed by atoms with Gasteiger partial charge in [-0.25, -0.2) is 0 Å². The van der Waals surface area contributed by atoms with Gasteiger partial charge in [-0.15, -0.1) is 0 Å². The molecular formula is C14H20BrNO3. The van der Waals surface area contributed by atoms with Gasteiger partial charge in [-0.1, -0.05) is 32.4 Å². The summed E-state index contributed by atoms with van der Waals surface area (Å²) in [6.07, 6.45) is 0.828. The molecule has 0 spiro atoms. The molecule has 1 aromatic carbocycles. The minimum Gasteiger partial charge on any atom is -0.491 e. The molecule has 0 saturated carbocycles. The summed E-state index contributed by atoms with van der Waals surface area (Å²) in [4.78, 5) is 11.1. The van der Waals surface area contributed by atoms with Gasteiger partial charge in [-0.2, -0.15) is 0 Å². The maximum Gasteiger partial charge on any atom is 0.320 e. The maximum atomic E-state index is 11.1. The van der Waals surface area contributed by atoms with Crippen LogP contribution in [-0.2, 0) is 4.79 Å². The summed E-state index contributed by atoms with van der Waals surface area (Å²) in [7, 11) is 0. The quantitative estimate of drug-likeness (QED) is 0.720. The fourth-order valence-electron chi connectivity index (χ4n) is 1.70. The van der Waals surface area contributed by atoms with Crippen LogP contribution in [0.3, 0.4) is 0 Å². The van der Waals surface area contributed by atoms with Crippen LogP contribution in [0.2, 0.25) is 0 Å². The number of halogens is 1. The van der Waals surface area contributed by atoms with Crippen LogP contribution in [-0.4, -0.2) is 30.3 Å². The first-order valence-corrected chi connectivity index (χ1v) is 7.19. The van der Waals surface area contributed by atoms with E-state index in [0.29, 0.717) is 13.2 Å². The minimum absolute atomic E-state index is 0.0981. The molecule has 1 aromatic rings. The topological polar surface area (TPSA) is 58.6 Å². The highest BCUT2D eigenvalue weighted by atomic mass is 79.9. The number of aliphatic carboxylic acids is 1. The molecular weight excluding hydrogens is 310 g/mol. The molecule has 0 aromatic heterocycles. The van der Waals surface area contributed by atoms with Crippen molar-refractivity contribution in [1.29, 1.82) is 0 Å². The number of ether oxygens (including phenoxy) is 1. The number of carboxylic acid groups (broad SMARTS) is 1. The average molecular weight is 330 g/mol. The van der Waals surface area contributed by atoms with Gasteiger partial charge in [-0.05, 0) is 34.0 Å². The number of benzene rings is 1. The fraction of sp³-hybridized carbons (Fsp3) is 0.500. The van der Waals surface area contributed by atoms with Gasteiger partial charge in [0.05, 0.1) is 4.47 Å². The Morgan fingerprint density at radius 1 is 1.47 bits per heavy atom. The third-order valence-electron chi connectivity index (χ3n) is 3.04. The second kappa shape index (κ2) is 8.17. The standard InChI is InChI=1S/C14H20BrNO3/c1-3-10(2)13(14(17)18)16-8-9-19-12-7-5-4-6-11(12)15/h4-7,10,13,16H,3,8-9H2,1-2H3,(H,17,18)/t10-,13-/m0/s1. The molecule has 5 heteroatoms. The molecule has 0 aliphatic carbocycles. The highest BCUT2D eigenvalue weighted by molar-refractivity contribution is 9.10. The molecule has 2 atom stereocenters. The molecule has 2 N–H and O–H groups in total. The maximum absolute atomic E-state index is 11.1. The second-order valence-electron chi connectivity index (χ2n) is 4.43. The lowest BCUT2D eigenvalue weighted by molar-refractivity contribution is -0.140. The summed E-state index contributed by atoms with van der Waals surface area (Å²) in [5.41, 5.74) is 0. The lowest BCUT2D eigenvalue weighted by Gasteiger charge is -2.20.